The molecule has 0 N–H and O–H groups in total. The molecule has 21 heavy (non-hydrogen) atoms. The van der Waals surface area contributed by atoms with Crippen LogP contribution in [-0.4, -0.2) is 19.9 Å². The number of benzene rings is 3. The minimum atomic E-state index is 0.0658. The van der Waals surface area contributed by atoms with Crippen molar-refractivity contribution in [1.29, 1.82) is 0 Å². The van der Waals surface area contributed by atoms with Crippen molar-refractivity contribution in [3.8, 4) is 0 Å². The first kappa shape index (κ1) is 13.4. The number of hydrogen-bond acceptors (Lipinski definition) is 2. The fourth-order valence-corrected chi connectivity index (χ4v) is 2.61. The van der Waals surface area contributed by atoms with Gasteiger partial charge in [-0.25, -0.2) is 0 Å². The van der Waals surface area contributed by atoms with E-state index in [1.165, 1.54) is 0 Å². The maximum atomic E-state index is 13.0. The predicted octanol–water partition coefficient (Wildman–Crippen LogP) is 4.14. The molecule has 0 bridgehead atoms. The summed E-state index contributed by atoms with van der Waals surface area (Å²) in [5, 5.41) is 2.08. The summed E-state index contributed by atoms with van der Waals surface area (Å²) in [4.78, 5) is 14.9. The van der Waals surface area contributed by atoms with E-state index in [1.54, 1.807) is 0 Å². The highest BCUT2D eigenvalue weighted by atomic mass is 16.1. The highest BCUT2D eigenvalue weighted by molar-refractivity contribution is 6.20. The Morgan fingerprint density at radius 1 is 0.810 bits per heavy atom. The summed E-state index contributed by atoms with van der Waals surface area (Å²) in [5.41, 5.74) is 2.43. The smallest absolute Gasteiger partial charge is 0.195 e. The van der Waals surface area contributed by atoms with Crippen molar-refractivity contribution in [1.82, 2.24) is 0 Å². The Morgan fingerprint density at radius 3 is 2.19 bits per heavy atom. The largest absolute Gasteiger partial charge is 0.377 e. The van der Waals surface area contributed by atoms with Crippen molar-refractivity contribution in [3.63, 3.8) is 0 Å². The lowest BCUT2D eigenvalue weighted by atomic mass is 9.95. The molecule has 3 aromatic carbocycles. The first-order valence-electron chi connectivity index (χ1n) is 6.97. The van der Waals surface area contributed by atoms with Gasteiger partial charge in [-0.1, -0.05) is 60.7 Å². The molecular formula is C19H17NO. The number of fused-ring (bicyclic) bond motifs is 1. The zero-order valence-corrected chi connectivity index (χ0v) is 12.2. The molecule has 0 aliphatic heterocycles. The average molecular weight is 275 g/mol. The Hall–Kier alpha value is -2.61. The first-order valence-corrected chi connectivity index (χ1v) is 6.97. The van der Waals surface area contributed by atoms with Crippen LogP contribution in [0.3, 0.4) is 0 Å². The summed E-state index contributed by atoms with van der Waals surface area (Å²) in [6, 6.07) is 21.5. The lowest BCUT2D eigenvalue weighted by Crippen LogP contribution is -2.15. The molecule has 0 aromatic heterocycles. The average Bonchev–Trinajstić information content (AvgIpc) is 2.53. The highest BCUT2D eigenvalue weighted by Gasteiger charge is 2.17. The van der Waals surface area contributed by atoms with Crippen LogP contribution in [0.4, 0.5) is 5.69 Å². The fourth-order valence-electron chi connectivity index (χ4n) is 2.61. The fraction of sp³-hybridized carbons (Fsp3) is 0.105. The molecule has 104 valence electrons. The van der Waals surface area contributed by atoms with Crippen LogP contribution in [0, 0.1) is 0 Å². The summed E-state index contributed by atoms with van der Waals surface area (Å²) >= 11 is 0. The number of nitrogens with zero attached hydrogens (tertiary/aromatic N) is 1. The number of hydrogen-bond donors (Lipinski definition) is 0. The Labute approximate surface area is 124 Å². The minimum absolute atomic E-state index is 0.0658. The topological polar surface area (TPSA) is 20.3 Å². The lowest BCUT2D eigenvalue weighted by Gasteiger charge is -2.19. The van der Waals surface area contributed by atoms with Crippen molar-refractivity contribution in [2.75, 3.05) is 19.0 Å². The Bertz CT molecular complexity index is 791. The Kier molecular flexibility index (Phi) is 3.44. The van der Waals surface area contributed by atoms with Gasteiger partial charge in [-0.2, -0.15) is 0 Å². The number of rotatable bonds is 3. The van der Waals surface area contributed by atoms with E-state index in [-0.39, 0.29) is 5.78 Å². The van der Waals surface area contributed by atoms with Gasteiger partial charge in [-0.3, -0.25) is 4.79 Å². The van der Waals surface area contributed by atoms with E-state index in [0.717, 1.165) is 27.6 Å². The van der Waals surface area contributed by atoms with E-state index < -0.39 is 0 Å². The van der Waals surface area contributed by atoms with E-state index in [9.17, 15) is 4.79 Å². The summed E-state index contributed by atoms with van der Waals surface area (Å²) < 4.78 is 0. The van der Waals surface area contributed by atoms with Crippen LogP contribution in [0.2, 0.25) is 0 Å². The van der Waals surface area contributed by atoms with Crippen molar-refractivity contribution < 1.29 is 4.79 Å². The van der Waals surface area contributed by atoms with E-state index in [2.05, 4.69) is 6.07 Å². The van der Waals surface area contributed by atoms with Crippen molar-refractivity contribution in [2.45, 2.75) is 0 Å². The van der Waals surface area contributed by atoms with E-state index >= 15 is 0 Å². The zero-order chi connectivity index (χ0) is 14.8. The zero-order valence-electron chi connectivity index (χ0n) is 12.2. The van der Waals surface area contributed by atoms with Gasteiger partial charge in [-0.15, -0.1) is 0 Å². The second kappa shape index (κ2) is 5.41. The molecule has 0 saturated carbocycles. The van der Waals surface area contributed by atoms with Crippen LogP contribution in [0.5, 0.6) is 0 Å². The normalized spacial score (nSPS) is 10.6. The van der Waals surface area contributed by atoms with Gasteiger partial charge in [0, 0.05) is 25.3 Å². The van der Waals surface area contributed by atoms with Gasteiger partial charge in [0.25, 0.3) is 0 Å². The number of carbonyl (C=O) groups is 1. The standard InChI is InChI=1S/C19H17NO/c1-20(2)17-13-12-14-8-6-7-11-16(14)18(17)19(21)15-9-4-3-5-10-15/h3-13H,1-2H3. The molecule has 0 radical (unpaired) electrons. The summed E-state index contributed by atoms with van der Waals surface area (Å²) in [6.07, 6.45) is 0. The third kappa shape index (κ3) is 2.40. The molecular weight excluding hydrogens is 258 g/mol. The molecule has 3 aromatic rings. The molecule has 0 heterocycles. The van der Waals surface area contributed by atoms with Crippen LogP contribution in [0.15, 0.2) is 66.7 Å². The van der Waals surface area contributed by atoms with Gasteiger partial charge in [0.15, 0.2) is 5.78 Å². The van der Waals surface area contributed by atoms with Crippen LogP contribution in [0.25, 0.3) is 10.8 Å². The van der Waals surface area contributed by atoms with Crippen molar-refractivity contribution in [2.24, 2.45) is 0 Å². The molecule has 3 rings (SSSR count). The summed E-state index contributed by atoms with van der Waals surface area (Å²) in [7, 11) is 3.93. The van der Waals surface area contributed by atoms with E-state index in [1.807, 2.05) is 79.7 Å². The van der Waals surface area contributed by atoms with E-state index in [4.69, 9.17) is 0 Å². The van der Waals surface area contributed by atoms with Crippen LogP contribution in [-0.2, 0) is 0 Å². The molecule has 0 unspecified atom stereocenters. The molecule has 0 saturated heterocycles. The van der Waals surface area contributed by atoms with Gasteiger partial charge in [0.2, 0.25) is 0 Å². The quantitative estimate of drug-likeness (QED) is 0.670. The first-order chi connectivity index (χ1) is 10.2. The third-order valence-corrected chi connectivity index (χ3v) is 3.65. The second-order valence-electron chi connectivity index (χ2n) is 5.27. The van der Waals surface area contributed by atoms with Crippen molar-refractivity contribution >= 4 is 22.2 Å². The maximum Gasteiger partial charge on any atom is 0.195 e. The summed E-state index contributed by atoms with van der Waals surface area (Å²) in [6.45, 7) is 0. The molecule has 2 heteroatoms. The van der Waals surface area contributed by atoms with Crippen LogP contribution < -0.4 is 4.90 Å². The minimum Gasteiger partial charge on any atom is -0.377 e. The van der Waals surface area contributed by atoms with Gasteiger partial charge in [-0.05, 0) is 16.8 Å². The van der Waals surface area contributed by atoms with E-state index in [0.29, 0.717) is 0 Å². The molecule has 0 aliphatic carbocycles. The lowest BCUT2D eigenvalue weighted by molar-refractivity contribution is 0.104. The SMILES string of the molecule is CN(C)c1ccc2ccccc2c1C(=O)c1ccccc1. The molecule has 0 atom stereocenters. The van der Waals surface area contributed by atoms with Gasteiger partial charge in [0.05, 0.1) is 5.56 Å². The molecule has 0 fully saturated rings. The second-order valence-corrected chi connectivity index (χ2v) is 5.27. The Morgan fingerprint density at radius 2 is 1.48 bits per heavy atom. The van der Waals surface area contributed by atoms with Crippen LogP contribution in [0.1, 0.15) is 15.9 Å². The van der Waals surface area contributed by atoms with Gasteiger partial charge < -0.3 is 4.90 Å². The maximum absolute atomic E-state index is 13.0. The van der Waals surface area contributed by atoms with Gasteiger partial charge in [0.1, 0.15) is 0 Å². The molecule has 0 spiro atoms. The van der Waals surface area contributed by atoms with Crippen molar-refractivity contribution in [3.05, 3.63) is 77.9 Å². The number of carbonyl (C=O) groups excluding carboxylic acids is 1. The molecule has 0 amide bonds. The number of ketones is 1. The predicted molar refractivity (Wildman–Crippen MR) is 88.1 cm³/mol. The third-order valence-electron chi connectivity index (χ3n) is 3.65. The molecule has 2 nitrogen and oxygen atoms in total. The van der Waals surface area contributed by atoms with Gasteiger partial charge >= 0.3 is 0 Å². The van der Waals surface area contributed by atoms with Crippen LogP contribution >= 0.6 is 0 Å². The summed E-state index contributed by atoms with van der Waals surface area (Å²) in [5.74, 6) is 0.0658. The highest BCUT2D eigenvalue weighted by Crippen LogP contribution is 2.30. The monoisotopic (exact) mass is 275 g/mol. The Balaban J connectivity index is 2.29. The number of anilines is 1. The molecule has 0 aliphatic rings.